The fourth-order valence-corrected chi connectivity index (χ4v) is 4.02. The highest BCUT2D eigenvalue weighted by Gasteiger charge is 2.20. The minimum absolute atomic E-state index is 0. The van der Waals surface area contributed by atoms with Crippen LogP contribution in [0, 0.1) is 5.92 Å². The number of nitrogens with one attached hydrogen (secondary N) is 1. The smallest absolute Gasteiger partial charge is 0.181 e. The molecule has 0 radical (unpaired) electrons. The summed E-state index contributed by atoms with van der Waals surface area (Å²) in [6.07, 6.45) is 10.3. The summed E-state index contributed by atoms with van der Waals surface area (Å²) in [6, 6.07) is 0. The van der Waals surface area contributed by atoms with Gasteiger partial charge in [-0.25, -0.2) is 0 Å². The summed E-state index contributed by atoms with van der Waals surface area (Å²) in [5.74, 6) is 1.95. The Balaban J connectivity index is 0.00000121. The van der Waals surface area contributed by atoms with Crippen molar-refractivity contribution in [3.8, 4) is 0 Å². The predicted molar refractivity (Wildman–Crippen MR) is 110 cm³/mol. The molecule has 4 rings (SSSR count). The normalized spacial score (nSPS) is 18.0. The maximum absolute atomic E-state index is 4.71. The summed E-state index contributed by atoms with van der Waals surface area (Å²) in [5, 5.41) is 16.6. The molecule has 8 heteroatoms. The maximum atomic E-state index is 4.71. The molecule has 0 saturated carbocycles. The van der Waals surface area contributed by atoms with Crippen LogP contribution in [0.1, 0.15) is 50.2 Å². The number of halogens is 2. The van der Waals surface area contributed by atoms with Crippen LogP contribution in [-0.4, -0.2) is 50.9 Å². The van der Waals surface area contributed by atoms with E-state index in [0.717, 1.165) is 36.8 Å². The van der Waals surface area contributed by atoms with Gasteiger partial charge in [0.05, 0.1) is 0 Å². The van der Waals surface area contributed by atoms with Crippen LogP contribution in [0.4, 0.5) is 5.82 Å². The van der Waals surface area contributed by atoms with E-state index >= 15 is 0 Å². The zero-order valence-corrected chi connectivity index (χ0v) is 17.1. The van der Waals surface area contributed by atoms with Gasteiger partial charge in [0, 0.05) is 17.7 Å². The van der Waals surface area contributed by atoms with Gasteiger partial charge in [0.25, 0.3) is 0 Å². The highest BCUT2D eigenvalue weighted by atomic mass is 35.5. The Morgan fingerprint density at radius 3 is 2.62 bits per heavy atom. The molecule has 3 heterocycles. The molecule has 146 valence electrons. The number of aryl methyl sites for hydroxylation is 1. The fraction of sp³-hybridized carbons (Fsp3) is 0.722. The van der Waals surface area contributed by atoms with Crippen molar-refractivity contribution in [3.05, 3.63) is 17.5 Å². The van der Waals surface area contributed by atoms with Gasteiger partial charge in [-0.3, -0.25) is 0 Å². The van der Waals surface area contributed by atoms with Crippen molar-refractivity contribution in [1.82, 2.24) is 24.7 Å². The molecule has 1 aliphatic carbocycles. The number of anilines is 1. The molecule has 0 spiro atoms. The molecule has 26 heavy (non-hydrogen) atoms. The zero-order chi connectivity index (χ0) is 16.4. The lowest BCUT2D eigenvalue weighted by Crippen LogP contribution is -2.34. The fourth-order valence-electron chi connectivity index (χ4n) is 4.02. The largest absolute Gasteiger partial charge is 0.368 e. The van der Waals surface area contributed by atoms with Crippen molar-refractivity contribution in [2.45, 2.75) is 51.9 Å². The molecule has 6 nitrogen and oxygen atoms in total. The van der Waals surface area contributed by atoms with Gasteiger partial charge in [-0.05, 0) is 70.5 Å². The third kappa shape index (κ3) is 4.59. The second-order valence-corrected chi connectivity index (χ2v) is 7.42. The van der Waals surface area contributed by atoms with Crippen molar-refractivity contribution in [3.63, 3.8) is 0 Å². The van der Waals surface area contributed by atoms with E-state index in [2.05, 4.69) is 27.3 Å². The van der Waals surface area contributed by atoms with E-state index in [1.54, 1.807) is 6.33 Å². The standard InChI is InChI=1S/C18H28N6.2ClH/c1-14-7-11-23(12-8-14)10-4-9-19-17-15-5-2-3-6-16(15)18-21-20-13-24(18)22-17;;/h13-14H,2-12H2,1H3,(H,19,22);2*1H. The lowest BCUT2D eigenvalue weighted by molar-refractivity contribution is 0.192. The van der Waals surface area contributed by atoms with E-state index in [-0.39, 0.29) is 24.8 Å². The molecule has 2 aromatic heterocycles. The van der Waals surface area contributed by atoms with Gasteiger partial charge in [-0.15, -0.1) is 40.1 Å². The van der Waals surface area contributed by atoms with Crippen LogP contribution in [0.3, 0.4) is 0 Å². The van der Waals surface area contributed by atoms with Crippen molar-refractivity contribution in [2.24, 2.45) is 5.92 Å². The highest BCUT2D eigenvalue weighted by molar-refractivity contribution is 5.85. The molecule has 1 aliphatic heterocycles. The average Bonchev–Trinajstić information content (AvgIpc) is 3.09. The van der Waals surface area contributed by atoms with Gasteiger partial charge in [0.15, 0.2) is 11.5 Å². The molecule has 0 atom stereocenters. The lowest BCUT2D eigenvalue weighted by atomic mass is 9.93. The Morgan fingerprint density at radius 2 is 1.85 bits per heavy atom. The van der Waals surface area contributed by atoms with E-state index in [9.17, 15) is 0 Å². The van der Waals surface area contributed by atoms with Crippen LogP contribution in [0.5, 0.6) is 0 Å². The first-order valence-electron chi connectivity index (χ1n) is 9.49. The van der Waals surface area contributed by atoms with E-state index in [1.807, 2.05) is 4.52 Å². The minimum Gasteiger partial charge on any atom is -0.368 e. The van der Waals surface area contributed by atoms with Crippen LogP contribution in [0.2, 0.25) is 0 Å². The average molecular weight is 401 g/mol. The molecular formula is C18H30Cl2N6. The van der Waals surface area contributed by atoms with E-state index < -0.39 is 0 Å². The third-order valence-electron chi connectivity index (χ3n) is 5.58. The summed E-state index contributed by atoms with van der Waals surface area (Å²) >= 11 is 0. The zero-order valence-electron chi connectivity index (χ0n) is 15.5. The van der Waals surface area contributed by atoms with Crippen LogP contribution >= 0.6 is 24.8 Å². The van der Waals surface area contributed by atoms with Crippen molar-refractivity contribution < 1.29 is 0 Å². The second kappa shape index (κ2) is 9.72. The van der Waals surface area contributed by atoms with Crippen LogP contribution in [0.15, 0.2) is 6.33 Å². The highest BCUT2D eigenvalue weighted by Crippen LogP contribution is 2.28. The van der Waals surface area contributed by atoms with Crippen molar-refractivity contribution >= 4 is 36.3 Å². The third-order valence-corrected chi connectivity index (χ3v) is 5.58. The summed E-state index contributed by atoms with van der Waals surface area (Å²) in [6.45, 7) is 7.08. The molecule has 0 unspecified atom stereocenters. The van der Waals surface area contributed by atoms with Gasteiger partial charge in [-0.2, -0.15) is 4.52 Å². The van der Waals surface area contributed by atoms with Crippen LogP contribution in [0.25, 0.3) is 5.65 Å². The Kier molecular flexibility index (Phi) is 7.92. The summed E-state index contributed by atoms with van der Waals surface area (Å²) in [4.78, 5) is 2.60. The second-order valence-electron chi connectivity index (χ2n) is 7.42. The number of likely N-dealkylation sites (tertiary alicyclic amines) is 1. The Labute approximate surface area is 167 Å². The number of hydrogen-bond acceptors (Lipinski definition) is 5. The first kappa shape index (κ1) is 21.2. The molecule has 1 fully saturated rings. The first-order chi connectivity index (χ1) is 11.8. The molecule has 1 saturated heterocycles. The van der Waals surface area contributed by atoms with E-state index in [4.69, 9.17) is 5.10 Å². The minimum atomic E-state index is 0. The first-order valence-corrected chi connectivity index (χ1v) is 9.49. The van der Waals surface area contributed by atoms with Gasteiger partial charge >= 0.3 is 0 Å². The lowest BCUT2D eigenvalue weighted by Gasteiger charge is -2.30. The van der Waals surface area contributed by atoms with Gasteiger partial charge in [0.1, 0.15) is 6.33 Å². The molecule has 1 N–H and O–H groups in total. The monoisotopic (exact) mass is 400 g/mol. The number of hydrogen-bond donors (Lipinski definition) is 1. The SMILES string of the molecule is CC1CCN(CCCNc2nn3cnnc3c3c2CCCC3)CC1.Cl.Cl. The number of piperidine rings is 1. The molecule has 0 bridgehead atoms. The Hall–Kier alpha value is -1.11. The maximum Gasteiger partial charge on any atom is 0.181 e. The number of fused-ring (bicyclic) bond motifs is 3. The topological polar surface area (TPSA) is 58.4 Å². The van der Waals surface area contributed by atoms with Crippen LogP contribution in [-0.2, 0) is 12.8 Å². The van der Waals surface area contributed by atoms with Gasteiger partial charge in [0.2, 0.25) is 0 Å². The van der Waals surface area contributed by atoms with Crippen molar-refractivity contribution in [1.29, 1.82) is 0 Å². The van der Waals surface area contributed by atoms with Gasteiger partial charge < -0.3 is 10.2 Å². The Morgan fingerprint density at radius 1 is 1.12 bits per heavy atom. The molecule has 2 aromatic rings. The van der Waals surface area contributed by atoms with E-state index in [1.165, 1.54) is 62.9 Å². The molecule has 2 aliphatic rings. The summed E-state index contributed by atoms with van der Waals surface area (Å²) in [5.41, 5.74) is 3.66. The molecular weight excluding hydrogens is 371 g/mol. The predicted octanol–water partition coefficient (Wildman–Crippen LogP) is 3.38. The van der Waals surface area contributed by atoms with E-state index in [0.29, 0.717) is 0 Å². The summed E-state index contributed by atoms with van der Waals surface area (Å²) < 4.78 is 1.83. The Bertz CT molecular complexity index is 696. The quantitative estimate of drug-likeness (QED) is 0.779. The van der Waals surface area contributed by atoms with Crippen molar-refractivity contribution in [2.75, 3.05) is 31.5 Å². The van der Waals surface area contributed by atoms with Crippen LogP contribution < -0.4 is 5.32 Å². The number of rotatable bonds is 5. The number of nitrogens with zero attached hydrogens (tertiary/aromatic N) is 5. The van der Waals surface area contributed by atoms with Gasteiger partial charge in [-0.1, -0.05) is 6.92 Å². The number of aromatic nitrogens is 4. The molecule has 0 amide bonds. The summed E-state index contributed by atoms with van der Waals surface area (Å²) in [7, 11) is 0. The molecule has 0 aromatic carbocycles.